The molecule has 0 bridgehead atoms. The Bertz CT molecular complexity index is 1100. The third-order valence-corrected chi connectivity index (χ3v) is 5.49. The predicted molar refractivity (Wildman–Crippen MR) is 108 cm³/mol. The molecule has 3 aromatic rings. The molecular formula is C21H13Cl2F3N2O. The van der Waals surface area contributed by atoms with Crippen LogP contribution < -0.4 is 10.2 Å². The van der Waals surface area contributed by atoms with Crippen molar-refractivity contribution in [2.45, 2.75) is 12.3 Å². The van der Waals surface area contributed by atoms with Crippen LogP contribution in [-0.2, 0) is 6.18 Å². The standard InChI is InChI=1S/C21H13Cl2F3N2O/c22-16-9-4-8-15(18(16)23)19-27-17-10-2-1-7-14(17)20(29)28(19)13-6-3-5-12(11-13)21(24,25)26/h1-11,19,27H/t19-/m0/s1. The average Bonchev–Trinajstić information content (AvgIpc) is 2.69. The van der Waals surface area contributed by atoms with Gasteiger partial charge in [0.05, 0.1) is 21.2 Å². The Labute approximate surface area is 174 Å². The number of alkyl halides is 3. The van der Waals surface area contributed by atoms with Crippen molar-refractivity contribution in [2.75, 3.05) is 10.2 Å². The number of anilines is 2. The Kier molecular flexibility index (Phi) is 4.92. The van der Waals surface area contributed by atoms with E-state index >= 15 is 0 Å². The Morgan fingerprint density at radius 2 is 1.66 bits per heavy atom. The van der Waals surface area contributed by atoms with E-state index in [2.05, 4.69) is 5.32 Å². The van der Waals surface area contributed by atoms with Gasteiger partial charge in [0.2, 0.25) is 0 Å². The number of carbonyl (C=O) groups excluding carboxylic acids is 1. The zero-order valence-corrected chi connectivity index (χ0v) is 16.2. The van der Waals surface area contributed by atoms with Crippen LogP contribution in [0.4, 0.5) is 24.5 Å². The molecule has 0 saturated heterocycles. The molecule has 3 nitrogen and oxygen atoms in total. The van der Waals surface area contributed by atoms with Gasteiger partial charge in [-0.05, 0) is 36.4 Å². The molecule has 0 fully saturated rings. The van der Waals surface area contributed by atoms with Crippen LogP contribution >= 0.6 is 23.2 Å². The van der Waals surface area contributed by atoms with Crippen LogP contribution in [0.5, 0.6) is 0 Å². The molecule has 0 aromatic heterocycles. The summed E-state index contributed by atoms with van der Waals surface area (Å²) in [6.07, 6.45) is -5.38. The van der Waals surface area contributed by atoms with Gasteiger partial charge in [-0.25, -0.2) is 0 Å². The lowest BCUT2D eigenvalue weighted by Gasteiger charge is -2.38. The van der Waals surface area contributed by atoms with Gasteiger partial charge in [-0.1, -0.05) is 53.5 Å². The highest BCUT2D eigenvalue weighted by Gasteiger charge is 2.37. The van der Waals surface area contributed by atoms with Crippen molar-refractivity contribution < 1.29 is 18.0 Å². The fourth-order valence-electron chi connectivity index (χ4n) is 3.30. The number of fused-ring (bicyclic) bond motifs is 1. The van der Waals surface area contributed by atoms with Crippen LogP contribution in [0, 0.1) is 0 Å². The molecule has 1 heterocycles. The second-order valence-electron chi connectivity index (χ2n) is 6.46. The van der Waals surface area contributed by atoms with Crippen molar-refractivity contribution in [3.63, 3.8) is 0 Å². The van der Waals surface area contributed by atoms with Crippen molar-refractivity contribution in [1.82, 2.24) is 0 Å². The summed E-state index contributed by atoms with van der Waals surface area (Å²) in [5, 5.41) is 3.70. The molecular weight excluding hydrogens is 424 g/mol. The third kappa shape index (κ3) is 3.54. The SMILES string of the molecule is O=C1c2ccccc2N[C@H](c2cccc(Cl)c2Cl)N1c1cccc(C(F)(F)F)c1. The smallest absolute Gasteiger partial charge is 0.360 e. The number of hydrogen-bond acceptors (Lipinski definition) is 2. The highest BCUT2D eigenvalue weighted by Crippen LogP contribution is 2.41. The number of hydrogen-bond donors (Lipinski definition) is 1. The summed E-state index contributed by atoms with van der Waals surface area (Å²) >= 11 is 12.5. The quantitative estimate of drug-likeness (QED) is 0.479. The van der Waals surface area contributed by atoms with Gasteiger partial charge in [-0.15, -0.1) is 0 Å². The fraction of sp³-hybridized carbons (Fsp3) is 0.0952. The molecule has 1 atom stereocenters. The summed E-state index contributed by atoms with van der Waals surface area (Å²) in [5.41, 5.74) is 0.617. The average molecular weight is 437 g/mol. The monoisotopic (exact) mass is 436 g/mol. The van der Waals surface area contributed by atoms with E-state index in [4.69, 9.17) is 23.2 Å². The summed E-state index contributed by atoms with van der Waals surface area (Å²) in [5.74, 6) is -0.445. The van der Waals surface area contributed by atoms with Gasteiger partial charge in [0.1, 0.15) is 6.17 Å². The minimum absolute atomic E-state index is 0.0906. The number of nitrogens with zero attached hydrogens (tertiary/aromatic N) is 1. The van der Waals surface area contributed by atoms with Gasteiger partial charge >= 0.3 is 6.18 Å². The molecule has 29 heavy (non-hydrogen) atoms. The van der Waals surface area contributed by atoms with E-state index in [0.717, 1.165) is 12.1 Å². The number of halogens is 5. The maximum atomic E-state index is 13.3. The van der Waals surface area contributed by atoms with Gasteiger partial charge in [0, 0.05) is 16.9 Å². The van der Waals surface area contributed by atoms with Crippen molar-refractivity contribution >= 4 is 40.5 Å². The second-order valence-corrected chi connectivity index (χ2v) is 7.24. The molecule has 0 spiro atoms. The number of rotatable bonds is 2. The molecule has 1 aliphatic heterocycles. The molecule has 148 valence electrons. The predicted octanol–water partition coefficient (Wildman–Crippen LogP) is 6.78. The maximum absolute atomic E-state index is 13.3. The summed E-state index contributed by atoms with van der Waals surface area (Å²) in [7, 11) is 0. The first-order valence-electron chi connectivity index (χ1n) is 8.57. The third-order valence-electron chi connectivity index (χ3n) is 4.65. The van der Waals surface area contributed by atoms with Gasteiger partial charge in [0.15, 0.2) is 0 Å². The van der Waals surface area contributed by atoms with Gasteiger partial charge < -0.3 is 5.32 Å². The molecule has 0 radical (unpaired) electrons. The fourth-order valence-corrected chi connectivity index (χ4v) is 3.71. The van der Waals surface area contributed by atoms with Crippen molar-refractivity contribution in [2.24, 2.45) is 0 Å². The van der Waals surface area contributed by atoms with Crippen molar-refractivity contribution in [3.05, 3.63) is 93.5 Å². The minimum atomic E-state index is -4.54. The van der Waals surface area contributed by atoms with E-state index in [9.17, 15) is 18.0 Å². The lowest BCUT2D eigenvalue weighted by atomic mass is 10.0. The molecule has 4 rings (SSSR count). The molecule has 0 unspecified atom stereocenters. The summed E-state index contributed by atoms with van der Waals surface area (Å²) in [6.45, 7) is 0. The first-order chi connectivity index (χ1) is 13.8. The molecule has 3 aromatic carbocycles. The number of benzene rings is 3. The van der Waals surface area contributed by atoms with Crippen LogP contribution in [0.2, 0.25) is 10.0 Å². The second kappa shape index (κ2) is 7.28. The van der Waals surface area contributed by atoms with E-state index in [1.807, 2.05) is 0 Å². The normalized spacial score (nSPS) is 16.4. The van der Waals surface area contributed by atoms with E-state index in [1.165, 1.54) is 17.0 Å². The first-order valence-corrected chi connectivity index (χ1v) is 9.33. The zero-order valence-electron chi connectivity index (χ0n) is 14.7. The van der Waals surface area contributed by atoms with Gasteiger partial charge in [0.25, 0.3) is 5.91 Å². The lowest BCUT2D eigenvalue weighted by Crippen LogP contribution is -2.43. The highest BCUT2D eigenvalue weighted by molar-refractivity contribution is 6.42. The van der Waals surface area contributed by atoms with Crippen molar-refractivity contribution in [1.29, 1.82) is 0 Å². The van der Waals surface area contributed by atoms with Crippen LogP contribution in [0.25, 0.3) is 0 Å². The van der Waals surface area contributed by atoms with Crippen LogP contribution in [0.3, 0.4) is 0 Å². The van der Waals surface area contributed by atoms with E-state index in [1.54, 1.807) is 42.5 Å². The van der Waals surface area contributed by atoms with Crippen molar-refractivity contribution in [3.8, 4) is 0 Å². The number of amides is 1. The first kappa shape index (κ1) is 19.6. The number of carbonyl (C=O) groups is 1. The van der Waals surface area contributed by atoms with Crippen LogP contribution in [-0.4, -0.2) is 5.91 Å². The summed E-state index contributed by atoms with van der Waals surface area (Å²) in [6, 6.07) is 16.3. The summed E-state index contributed by atoms with van der Waals surface area (Å²) < 4.78 is 39.8. The Balaban J connectivity index is 1.91. The molecule has 0 aliphatic carbocycles. The molecule has 1 amide bonds. The van der Waals surface area contributed by atoms with E-state index < -0.39 is 23.8 Å². The van der Waals surface area contributed by atoms with E-state index in [-0.39, 0.29) is 15.7 Å². The Morgan fingerprint density at radius 1 is 0.931 bits per heavy atom. The largest absolute Gasteiger partial charge is 0.416 e. The van der Waals surface area contributed by atoms with Gasteiger partial charge in [-0.2, -0.15) is 13.2 Å². The summed E-state index contributed by atoms with van der Waals surface area (Å²) in [4.78, 5) is 14.5. The minimum Gasteiger partial charge on any atom is -0.360 e. The molecule has 8 heteroatoms. The number of nitrogens with one attached hydrogen (secondary N) is 1. The molecule has 1 N–H and O–H groups in total. The maximum Gasteiger partial charge on any atom is 0.416 e. The zero-order chi connectivity index (χ0) is 20.8. The van der Waals surface area contributed by atoms with Crippen LogP contribution in [0.1, 0.15) is 27.7 Å². The highest BCUT2D eigenvalue weighted by atomic mass is 35.5. The van der Waals surface area contributed by atoms with E-state index in [0.29, 0.717) is 16.8 Å². The Hall–Kier alpha value is -2.70. The lowest BCUT2D eigenvalue weighted by molar-refractivity contribution is -0.137. The Morgan fingerprint density at radius 3 is 2.41 bits per heavy atom. The van der Waals surface area contributed by atoms with Gasteiger partial charge in [-0.3, -0.25) is 9.69 Å². The molecule has 0 saturated carbocycles. The topological polar surface area (TPSA) is 32.3 Å². The molecule has 1 aliphatic rings. The number of para-hydroxylation sites is 1. The van der Waals surface area contributed by atoms with Crippen LogP contribution in [0.15, 0.2) is 66.7 Å².